The summed E-state index contributed by atoms with van der Waals surface area (Å²) in [4.78, 5) is 12.1. The van der Waals surface area contributed by atoms with E-state index in [0.717, 1.165) is 28.1 Å². The minimum atomic E-state index is -0.901. The van der Waals surface area contributed by atoms with Crippen LogP contribution in [0, 0.1) is 6.92 Å². The van der Waals surface area contributed by atoms with Crippen LogP contribution >= 0.6 is 23.2 Å². The lowest BCUT2D eigenvalue weighted by atomic mass is 9.93. The molecule has 1 atom stereocenters. The van der Waals surface area contributed by atoms with Crippen molar-refractivity contribution in [3.8, 4) is 11.3 Å². The summed E-state index contributed by atoms with van der Waals surface area (Å²) in [6.07, 6.45) is 5.49. The van der Waals surface area contributed by atoms with Crippen LogP contribution in [0.4, 0.5) is 0 Å². The van der Waals surface area contributed by atoms with Gasteiger partial charge in [-0.1, -0.05) is 79.5 Å². The van der Waals surface area contributed by atoms with Gasteiger partial charge in [0.2, 0.25) is 0 Å². The molecule has 0 spiro atoms. The molecule has 1 heterocycles. The zero-order valence-electron chi connectivity index (χ0n) is 21.3. The van der Waals surface area contributed by atoms with Crippen LogP contribution in [0.5, 0.6) is 0 Å². The highest BCUT2D eigenvalue weighted by molar-refractivity contribution is 6.42. The highest BCUT2D eigenvalue weighted by atomic mass is 35.5. The highest BCUT2D eigenvalue weighted by Gasteiger charge is 2.23. The number of halogens is 2. The van der Waals surface area contributed by atoms with Crippen LogP contribution in [0.15, 0.2) is 79.1 Å². The standard InChI is InChI=1S/C27H26Cl2N2O3.C2H6/c1-5-22(34-4)11-9-18(3)31-26(20-10-12-24(28)25(29)14-20)16-21(30-31)15-23(27(32)33)19-8-6-7-17(2)13-19;1-2/h5-14,16,23H,1,15H2,2-4H3,(H,32,33);1-2H3/b18-9+,22-11+;. The molecule has 0 amide bonds. The zero-order chi connectivity index (χ0) is 26.8. The number of aliphatic carboxylic acids is 1. The summed E-state index contributed by atoms with van der Waals surface area (Å²) >= 11 is 12.4. The molecule has 0 saturated carbocycles. The molecule has 1 unspecified atom stereocenters. The third kappa shape index (κ3) is 7.36. The second-order valence-corrected chi connectivity index (χ2v) is 8.67. The second-order valence-electron chi connectivity index (χ2n) is 7.86. The third-order valence-electron chi connectivity index (χ3n) is 5.39. The van der Waals surface area contributed by atoms with Crippen molar-refractivity contribution in [3.63, 3.8) is 0 Å². The quantitative estimate of drug-likeness (QED) is 0.225. The van der Waals surface area contributed by atoms with E-state index in [1.54, 1.807) is 36.1 Å². The van der Waals surface area contributed by atoms with E-state index in [1.807, 2.05) is 70.2 Å². The topological polar surface area (TPSA) is 64.4 Å². The number of nitrogens with zero attached hydrogens (tertiary/aromatic N) is 2. The zero-order valence-corrected chi connectivity index (χ0v) is 22.8. The molecule has 36 heavy (non-hydrogen) atoms. The van der Waals surface area contributed by atoms with Gasteiger partial charge in [0.15, 0.2) is 0 Å². The molecule has 190 valence electrons. The number of aromatic nitrogens is 2. The fourth-order valence-corrected chi connectivity index (χ4v) is 3.89. The molecule has 0 aliphatic rings. The molecule has 3 rings (SSSR count). The molecule has 1 aromatic heterocycles. The van der Waals surface area contributed by atoms with Crippen molar-refractivity contribution in [2.75, 3.05) is 7.11 Å². The molecule has 0 saturated heterocycles. The summed E-state index contributed by atoms with van der Waals surface area (Å²) in [5.41, 5.74) is 4.76. The second kappa shape index (κ2) is 13.7. The van der Waals surface area contributed by atoms with E-state index in [9.17, 15) is 9.90 Å². The van der Waals surface area contributed by atoms with Gasteiger partial charge in [0, 0.05) is 17.7 Å². The molecule has 0 bridgehead atoms. The smallest absolute Gasteiger partial charge is 0.311 e. The van der Waals surface area contributed by atoms with Crippen LogP contribution in [-0.2, 0) is 16.0 Å². The van der Waals surface area contributed by atoms with Crippen molar-refractivity contribution >= 4 is 34.9 Å². The minimum absolute atomic E-state index is 0.235. The Bertz CT molecular complexity index is 1280. The van der Waals surface area contributed by atoms with Crippen molar-refractivity contribution in [1.29, 1.82) is 0 Å². The van der Waals surface area contributed by atoms with E-state index in [2.05, 4.69) is 6.58 Å². The molecule has 5 nitrogen and oxygen atoms in total. The number of carbonyl (C=O) groups is 1. The number of benzene rings is 2. The predicted molar refractivity (Wildman–Crippen MR) is 150 cm³/mol. The molecule has 0 radical (unpaired) electrons. The van der Waals surface area contributed by atoms with Gasteiger partial charge in [0.05, 0.1) is 34.5 Å². The summed E-state index contributed by atoms with van der Waals surface area (Å²) in [6.45, 7) is 11.6. The number of hydrogen-bond acceptors (Lipinski definition) is 3. The van der Waals surface area contributed by atoms with Gasteiger partial charge in [0.25, 0.3) is 0 Å². The van der Waals surface area contributed by atoms with E-state index in [-0.39, 0.29) is 6.42 Å². The fraction of sp³-hybridized carbons (Fsp3) is 0.241. The maximum Gasteiger partial charge on any atom is 0.311 e. The lowest BCUT2D eigenvalue weighted by Gasteiger charge is -2.12. The average Bonchev–Trinajstić information content (AvgIpc) is 3.30. The van der Waals surface area contributed by atoms with Gasteiger partial charge in [-0.15, -0.1) is 0 Å². The van der Waals surface area contributed by atoms with Crippen LogP contribution in [-0.4, -0.2) is 28.0 Å². The lowest BCUT2D eigenvalue weighted by Crippen LogP contribution is -2.15. The Morgan fingerprint density at radius 2 is 1.86 bits per heavy atom. The average molecular weight is 527 g/mol. The van der Waals surface area contributed by atoms with E-state index in [0.29, 0.717) is 21.5 Å². The first kappa shape index (κ1) is 29.0. The lowest BCUT2D eigenvalue weighted by molar-refractivity contribution is -0.138. The minimum Gasteiger partial charge on any atom is -0.497 e. The van der Waals surface area contributed by atoms with Crippen molar-refractivity contribution in [1.82, 2.24) is 9.78 Å². The van der Waals surface area contributed by atoms with Gasteiger partial charge < -0.3 is 9.84 Å². The molecular formula is C29H32Cl2N2O3. The largest absolute Gasteiger partial charge is 0.497 e. The fourth-order valence-electron chi connectivity index (χ4n) is 3.60. The summed E-state index contributed by atoms with van der Waals surface area (Å²) in [5, 5.41) is 15.6. The Labute approximate surface area is 223 Å². The molecule has 2 aromatic carbocycles. The summed E-state index contributed by atoms with van der Waals surface area (Å²) in [7, 11) is 1.57. The first-order valence-electron chi connectivity index (χ1n) is 11.6. The molecule has 3 aromatic rings. The Kier molecular flexibility index (Phi) is 11.0. The van der Waals surface area contributed by atoms with Crippen LogP contribution < -0.4 is 0 Å². The molecule has 0 fully saturated rings. The van der Waals surface area contributed by atoms with Gasteiger partial charge in [-0.3, -0.25) is 4.79 Å². The predicted octanol–water partition coefficient (Wildman–Crippen LogP) is 8.18. The summed E-state index contributed by atoms with van der Waals surface area (Å²) < 4.78 is 7.00. The number of allylic oxidation sites excluding steroid dienone is 4. The van der Waals surface area contributed by atoms with Crippen molar-refractivity contribution < 1.29 is 14.6 Å². The Balaban J connectivity index is 0.00000222. The number of hydrogen-bond donors (Lipinski definition) is 1. The number of ether oxygens (including phenoxy) is 1. The third-order valence-corrected chi connectivity index (χ3v) is 6.13. The monoisotopic (exact) mass is 526 g/mol. The number of methoxy groups -OCH3 is 1. The van der Waals surface area contributed by atoms with Crippen molar-refractivity contribution in [2.45, 2.75) is 40.0 Å². The molecule has 0 aliphatic carbocycles. The Morgan fingerprint density at radius 1 is 1.14 bits per heavy atom. The van der Waals surface area contributed by atoms with E-state index < -0.39 is 11.9 Å². The number of carboxylic acids is 1. The van der Waals surface area contributed by atoms with Crippen LogP contribution in [0.25, 0.3) is 17.0 Å². The van der Waals surface area contributed by atoms with Gasteiger partial charge in [-0.05, 0) is 55.8 Å². The highest BCUT2D eigenvalue weighted by Crippen LogP contribution is 2.31. The van der Waals surface area contributed by atoms with Gasteiger partial charge in [-0.2, -0.15) is 5.10 Å². The summed E-state index contributed by atoms with van der Waals surface area (Å²) in [5.74, 6) is -1.02. The Morgan fingerprint density at radius 3 is 2.44 bits per heavy atom. The normalized spacial score (nSPS) is 12.4. The molecular weight excluding hydrogens is 495 g/mol. The SMILES string of the molecule is C=C/C(=C\C=C(/C)n1nc(CC(C(=O)O)c2cccc(C)c2)cc1-c1ccc(Cl)c(Cl)c1)OC.CC. The van der Waals surface area contributed by atoms with E-state index in [4.69, 9.17) is 33.0 Å². The van der Waals surface area contributed by atoms with Crippen LogP contribution in [0.3, 0.4) is 0 Å². The molecule has 1 N–H and O–H groups in total. The van der Waals surface area contributed by atoms with Gasteiger partial charge >= 0.3 is 5.97 Å². The van der Waals surface area contributed by atoms with E-state index in [1.165, 1.54) is 0 Å². The Hall–Kier alpha value is -3.28. The molecule has 0 aliphatic heterocycles. The van der Waals surface area contributed by atoms with Crippen LogP contribution in [0.1, 0.15) is 43.5 Å². The van der Waals surface area contributed by atoms with Crippen molar-refractivity contribution in [3.05, 3.63) is 106 Å². The number of carboxylic acid groups (broad SMARTS) is 1. The first-order valence-corrected chi connectivity index (χ1v) is 12.4. The maximum absolute atomic E-state index is 12.1. The van der Waals surface area contributed by atoms with Gasteiger partial charge in [0.1, 0.15) is 5.76 Å². The number of rotatable bonds is 9. The summed E-state index contributed by atoms with van der Waals surface area (Å²) in [6, 6.07) is 14.8. The van der Waals surface area contributed by atoms with Crippen molar-refractivity contribution in [2.24, 2.45) is 0 Å². The number of aryl methyl sites for hydroxylation is 1. The van der Waals surface area contributed by atoms with E-state index >= 15 is 0 Å². The van der Waals surface area contributed by atoms with Gasteiger partial charge in [-0.25, -0.2) is 4.68 Å². The van der Waals surface area contributed by atoms with Crippen LogP contribution in [0.2, 0.25) is 10.0 Å². The first-order chi connectivity index (χ1) is 17.2. The maximum atomic E-state index is 12.1. The molecule has 7 heteroatoms.